The fourth-order valence-electron chi connectivity index (χ4n) is 1.87. The molecule has 0 N–H and O–H groups in total. The van der Waals surface area contributed by atoms with Gasteiger partial charge in [0.2, 0.25) is 0 Å². The second kappa shape index (κ2) is 3.61. The summed E-state index contributed by atoms with van der Waals surface area (Å²) in [6.07, 6.45) is 5.33. The summed E-state index contributed by atoms with van der Waals surface area (Å²) >= 11 is 3.49. The molecular formula is C11H13Br. The van der Waals surface area contributed by atoms with E-state index in [1.807, 2.05) is 0 Å². The lowest BCUT2D eigenvalue weighted by atomic mass is 9.91. The van der Waals surface area contributed by atoms with Gasteiger partial charge in [-0.3, -0.25) is 0 Å². The van der Waals surface area contributed by atoms with Crippen molar-refractivity contribution in [2.75, 3.05) is 0 Å². The molecule has 1 aromatic rings. The van der Waals surface area contributed by atoms with Crippen LogP contribution in [-0.4, -0.2) is 0 Å². The molecule has 0 bridgehead atoms. The quantitative estimate of drug-likeness (QED) is 0.642. The number of hydrogen-bond donors (Lipinski definition) is 0. The summed E-state index contributed by atoms with van der Waals surface area (Å²) in [6, 6.07) is 6.88. The Morgan fingerprint density at radius 3 is 2.58 bits per heavy atom. The number of aryl methyl sites for hydroxylation is 2. The van der Waals surface area contributed by atoms with Crippen LogP contribution >= 0.6 is 15.9 Å². The zero-order chi connectivity index (χ0) is 8.39. The second-order valence-corrected chi connectivity index (χ2v) is 4.00. The predicted octanol–water partition coefficient (Wildman–Crippen LogP) is 3.46. The number of hydrogen-bond acceptors (Lipinski definition) is 0. The SMILES string of the molecule is BrCc1ccc2c(c1)CCCC2. The van der Waals surface area contributed by atoms with Gasteiger partial charge in [-0.25, -0.2) is 0 Å². The molecular weight excluding hydrogens is 212 g/mol. The van der Waals surface area contributed by atoms with Crippen molar-refractivity contribution in [1.82, 2.24) is 0 Å². The molecule has 0 saturated carbocycles. The third-order valence-corrected chi connectivity index (χ3v) is 3.21. The first-order chi connectivity index (χ1) is 5.90. The maximum atomic E-state index is 3.49. The van der Waals surface area contributed by atoms with Gasteiger partial charge in [-0.05, 0) is 42.4 Å². The van der Waals surface area contributed by atoms with Gasteiger partial charge in [0.05, 0.1) is 0 Å². The molecule has 1 aromatic carbocycles. The second-order valence-electron chi connectivity index (χ2n) is 3.44. The number of fused-ring (bicyclic) bond motifs is 1. The van der Waals surface area contributed by atoms with Crippen molar-refractivity contribution in [1.29, 1.82) is 0 Å². The summed E-state index contributed by atoms with van der Waals surface area (Å²) in [6.45, 7) is 0. The molecule has 1 heteroatoms. The van der Waals surface area contributed by atoms with E-state index in [2.05, 4.69) is 34.1 Å². The van der Waals surface area contributed by atoms with E-state index in [4.69, 9.17) is 0 Å². The molecule has 64 valence electrons. The van der Waals surface area contributed by atoms with Gasteiger partial charge in [-0.1, -0.05) is 34.1 Å². The molecule has 0 saturated heterocycles. The smallest absolute Gasteiger partial charge is 0.0283 e. The molecule has 1 aliphatic rings. The molecule has 0 aliphatic heterocycles. The topological polar surface area (TPSA) is 0 Å². The van der Waals surface area contributed by atoms with Crippen LogP contribution < -0.4 is 0 Å². The highest BCUT2D eigenvalue weighted by Gasteiger charge is 2.08. The van der Waals surface area contributed by atoms with Crippen molar-refractivity contribution >= 4 is 15.9 Å². The first kappa shape index (κ1) is 8.31. The van der Waals surface area contributed by atoms with Crippen LogP contribution in [0.25, 0.3) is 0 Å². The van der Waals surface area contributed by atoms with Crippen LogP contribution in [0.2, 0.25) is 0 Å². The van der Waals surface area contributed by atoms with Crippen molar-refractivity contribution in [3.8, 4) is 0 Å². The molecule has 0 spiro atoms. The summed E-state index contributed by atoms with van der Waals surface area (Å²) in [7, 11) is 0. The third-order valence-electron chi connectivity index (χ3n) is 2.57. The van der Waals surface area contributed by atoms with Gasteiger partial charge in [-0.15, -0.1) is 0 Å². The normalized spacial score (nSPS) is 15.8. The lowest BCUT2D eigenvalue weighted by Gasteiger charge is -2.15. The Bertz CT molecular complexity index is 278. The zero-order valence-electron chi connectivity index (χ0n) is 7.15. The number of benzene rings is 1. The van der Waals surface area contributed by atoms with Crippen LogP contribution in [0, 0.1) is 0 Å². The van der Waals surface area contributed by atoms with E-state index in [-0.39, 0.29) is 0 Å². The van der Waals surface area contributed by atoms with Crippen molar-refractivity contribution in [2.45, 2.75) is 31.0 Å². The predicted molar refractivity (Wildman–Crippen MR) is 55.7 cm³/mol. The highest BCUT2D eigenvalue weighted by molar-refractivity contribution is 9.08. The Balaban J connectivity index is 2.36. The van der Waals surface area contributed by atoms with E-state index < -0.39 is 0 Å². The molecule has 0 amide bonds. The monoisotopic (exact) mass is 224 g/mol. The molecule has 12 heavy (non-hydrogen) atoms. The average molecular weight is 225 g/mol. The number of halogens is 1. The Kier molecular flexibility index (Phi) is 2.50. The Labute approximate surface area is 82.1 Å². The van der Waals surface area contributed by atoms with E-state index in [1.165, 1.54) is 31.2 Å². The minimum atomic E-state index is 0.986. The standard InChI is InChI=1S/C11H13Br/c12-8-9-5-6-10-3-1-2-4-11(10)7-9/h5-7H,1-4,8H2. The third kappa shape index (κ3) is 1.56. The Morgan fingerprint density at radius 2 is 1.83 bits per heavy atom. The number of rotatable bonds is 1. The van der Waals surface area contributed by atoms with Gasteiger partial charge in [0.15, 0.2) is 0 Å². The van der Waals surface area contributed by atoms with Crippen LogP contribution in [0.15, 0.2) is 18.2 Å². The zero-order valence-corrected chi connectivity index (χ0v) is 8.73. The summed E-state index contributed by atoms with van der Waals surface area (Å²) in [5, 5.41) is 0.986. The van der Waals surface area contributed by atoms with E-state index >= 15 is 0 Å². The molecule has 2 rings (SSSR count). The van der Waals surface area contributed by atoms with Crippen LogP contribution in [0.5, 0.6) is 0 Å². The molecule has 0 aromatic heterocycles. The van der Waals surface area contributed by atoms with Gasteiger partial charge < -0.3 is 0 Å². The van der Waals surface area contributed by atoms with Crippen molar-refractivity contribution in [3.63, 3.8) is 0 Å². The lowest BCUT2D eigenvalue weighted by Crippen LogP contribution is -2.02. The van der Waals surface area contributed by atoms with E-state index in [1.54, 1.807) is 11.1 Å². The van der Waals surface area contributed by atoms with E-state index in [0.717, 1.165) is 5.33 Å². The lowest BCUT2D eigenvalue weighted by molar-refractivity contribution is 0.685. The molecule has 0 atom stereocenters. The van der Waals surface area contributed by atoms with Crippen molar-refractivity contribution < 1.29 is 0 Å². The van der Waals surface area contributed by atoms with Crippen LogP contribution in [0.1, 0.15) is 29.5 Å². The fraction of sp³-hybridized carbons (Fsp3) is 0.455. The minimum Gasteiger partial charge on any atom is -0.0876 e. The minimum absolute atomic E-state index is 0.986. The van der Waals surface area contributed by atoms with Gasteiger partial charge in [0.1, 0.15) is 0 Å². The average Bonchev–Trinajstić information content (AvgIpc) is 2.17. The van der Waals surface area contributed by atoms with Crippen LogP contribution in [0.4, 0.5) is 0 Å². The molecule has 0 heterocycles. The summed E-state index contributed by atoms with van der Waals surface area (Å²) in [5.41, 5.74) is 4.57. The van der Waals surface area contributed by atoms with Gasteiger partial charge in [-0.2, -0.15) is 0 Å². The Morgan fingerprint density at radius 1 is 1.08 bits per heavy atom. The van der Waals surface area contributed by atoms with Crippen LogP contribution in [0.3, 0.4) is 0 Å². The van der Waals surface area contributed by atoms with E-state index in [0.29, 0.717) is 0 Å². The highest BCUT2D eigenvalue weighted by atomic mass is 79.9. The first-order valence-corrected chi connectivity index (χ1v) is 5.69. The van der Waals surface area contributed by atoms with Crippen molar-refractivity contribution in [2.24, 2.45) is 0 Å². The largest absolute Gasteiger partial charge is 0.0876 e. The van der Waals surface area contributed by atoms with E-state index in [9.17, 15) is 0 Å². The molecule has 1 aliphatic carbocycles. The van der Waals surface area contributed by atoms with Gasteiger partial charge >= 0.3 is 0 Å². The van der Waals surface area contributed by atoms with Crippen molar-refractivity contribution in [3.05, 3.63) is 34.9 Å². The molecule has 0 unspecified atom stereocenters. The first-order valence-electron chi connectivity index (χ1n) is 4.57. The number of alkyl halides is 1. The summed E-state index contributed by atoms with van der Waals surface area (Å²) < 4.78 is 0. The maximum Gasteiger partial charge on any atom is 0.0283 e. The maximum absolute atomic E-state index is 3.49. The van der Waals surface area contributed by atoms with Gasteiger partial charge in [0.25, 0.3) is 0 Å². The highest BCUT2D eigenvalue weighted by Crippen LogP contribution is 2.22. The molecule has 0 nitrogen and oxygen atoms in total. The van der Waals surface area contributed by atoms with Gasteiger partial charge in [0, 0.05) is 5.33 Å². The summed E-state index contributed by atoms with van der Waals surface area (Å²) in [5.74, 6) is 0. The van der Waals surface area contributed by atoms with Crippen LogP contribution in [-0.2, 0) is 18.2 Å². The fourth-order valence-corrected chi connectivity index (χ4v) is 2.22. The molecule has 0 fully saturated rings. The Hall–Kier alpha value is -0.300. The molecule has 0 radical (unpaired) electrons. The summed E-state index contributed by atoms with van der Waals surface area (Å²) in [4.78, 5) is 0.